The van der Waals surface area contributed by atoms with Gasteiger partial charge in [-0.05, 0) is 17.5 Å². The zero-order chi connectivity index (χ0) is 15.2. The van der Waals surface area contributed by atoms with E-state index in [0.29, 0.717) is 5.69 Å². The number of carbonyl (C=O) groups excluding carboxylic acids is 2. The van der Waals surface area contributed by atoms with Gasteiger partial charge in [0.15, 0.2) is 0 Å². The number of hydrogen-bond acceptors (Lipinski definition) is 3. The van der Waals surface area contributed by atoms with Gasteiger partial charge in [-0.3, -0.25) is 14.9 Å². The van der Waals surface area contributed by atoms with Crippen LogP contribution in [0.2, 0.25) is 0 Å². The van der Waals surface area contributed by atoms with Crippen LogP contribution in [-0.4, -0.2) is 23.0 Å². The summed E-state index contributed by atoms with van der Waals surface area (Å²) in [6, 6.07) is 8.08. The van der Waals surface area contributed by atoms with Gasteiger partial charge >= 0.3 is 12.0 Å². The average molecular weight is 278 g/mol. The molecule has 0 saturated carbocycles. The zero-order valence-corrected chi connectivity index (χ0v) is 11.5. The molecule has 6 nitrogen and oxygen atoms in total. The van der Waals surface area contributed by atoms with Crippen LogP contribution in [0.5, 0.6) is 0 Å². The van der Waals surface area contributed by atoms with E-state index in [-0.39, 0.29) is 12.8 Å². The van der Waals surface area contributed by atoms with Gasteiger partial charge in [0.25, 0.3) is 0 Å². The highest BCUT2D eigenvalue weighted by atomic mass is 16.4. The van der Waals surface area contributed by atoms with Crippen LogP contribution in [0.15, 0.2) is 30.3 Å². The second-order valence-electron chi connectivity index (χ2n) is 5.28. The lowest BCUT2D eigenvalue weighted by atomic mass is 9.85. The van der Waals surface area contributed by atoms with E-state index < -0.39 is 23.3 Å². The number of amides is 3. The normalized spacial score (nSPS) is 10.7. The fourth-order valence-electron chi connectivity index (χ4n) is 1.76. The first-order valence-electron chi connectivity index (χ1n) is 6.16. The monoisotopic (exact) mass is 278 g/mol. The minimum absolute atomic E-state index is 0.0402. The van der Waals surface area contributed by atoms with Crippen molar-refractivity contribution >= 4 is 23.6 Å². The molecule has 1 aromatic rings. The Balaban J connectivity index is 2.46. The largest absolute Gasteiger partial charge is 0.481 e. The van der Waals surface area contributed by atoms with Crippen LogP contribution >= 0.6 is 0 Å². The number of imide groups is 1. The molecule has 0 unspecified atom stereocenters. The zero-order valence-electron chi connectivity index (χ0n) is 11.5. The van der Waals surface area contributed by atoms with Gasteiger partial charge in [0.1, 0.15) is 0 Å². The van der Waals surface area contributed by atoms with Crippen molar-refractivity contribution in [3.05, 3.63) is 30.3 Å². The molecule has 6 heteroatoms. The fourth-order valence-corrected chi connectivity index (χ4v) is 1.76. The Hall–Kier alpha value is -2.37. The van der Waals surface area contributed by atoms with Crippen molar-refractivity contribution in [3.63, 3.8) is 0 Å². The van der Waals surface area contributed by atoms with Crippen molar-refractivity contribution in [1.82, 2.24) is 5.32 Å². The molecule has 108 valence electrons. The molecule has 1 aromatic carbocycles. The Morgan fingerprint density at radius 3 is 2.25 bits per heavy atom. The Labute approximate surface area is 117 Å². The first-order valence-corrected chi connectivity index (χ1v) is 6.16. The third-order valence-corrected chi connectivity index (χ3v) is 2.55. The number of urea groups is 1. The number of carbonyl (C=O) groups is 3. The van der Waals surface area contributed by atoms with Gasteiger partial charge in [-0.15, -0.1) is 0 Å². The number of anilines is 1. The van der Waals surface area contributed by atoms with Crippen molar-refractivity contribution in [3.8, 4) is 0 Å². The predicted octanol–water partition coefficient (Wildman–Crippen LogP) is 2.23. The van der Waals surface area contributed by atoms with Gasteiger partial charge in [0.2, 0.25) is 5.91 Å². The van der Waals surface area contributed by atoms with E-state index in [0.717, 1.165) is 0 Å². The number of carboxylic acid groups (broad SMARTS) is 1. The fraction of sp³-hybridized carbons (Fsp3) is 0.357. The quantitative estimate of drug-likeness (QED) is 0.769. The maximum absolute atomic E-state index is 11.7. The van der Waals surface area contributed by atoms with Crippen LogP contribution < -0.4 is 10.6 Å². The second-order valence-corrected chi connectivity index (χ2v) is 5.28. The summed E-state index contributed by atoms with van der Waals surface area (Å²) in [4.78, 5) is 33.9. The number of benzene rings is 1. The maximum Gasteiger partial charge on any atom is 0.325 e. The second kappa shape index (κ2) is 6.70. The summed E-state index contributed by atoms with van der Waals surface area (Å²) in [6.45, 7) is 3.33. The van der Waals surface area contributed by atoms with E-state index in [1.54, 1.807) is 38.1 Å². The van der Waals surface area contributed by atoms with Crippen LogP contribution in [0, 0.1) is 5.41 Å². The van der Waals surface area contributed by atoms with Crippen LogP contribution in [0.25, 0.3) is 0 Å². The summed E-state index contributed by atoms with van der Waals surface area (Å²) in [5.74, 6) is -1.48. The molecule has 0 aromatic heterocycles. The van der Waals surface area contributed by atoms with E-state index >= 15 is 0 Å². The molecule has 0 aliphatic rings. The molecule has 0 spiro atoms. The smallest absolute Gasteiger partial charge is 0.325 e. The highest BCUT2D eigenvalue weighted by molar-refractivity contribution is 6.01. The maximum atomic E-state index is 11.7. The summed E-state index contributed by atoms with van der Waals surface area (Å²) in [6.07, 6.45) is -0.178. The summed E-state index contributed by atoms with van der Waals surface area (Å²) in [5, 5.41) is 13.4. The number of carboxylic acids is 1. The summed E-state index contributed by atoms with van der Waals surface area (Å²) in [7, 11) is 0. The van der Waals surface area contributed by atoms with Crippen LogP contribution in [0.4, 0.5) is 10.5 Å². The van der Waals surface area contributed by atoms with Crippen molar-refractivity contribution < 1.29 is 19.5 Å². The summed E-state index contributed by atoms with van der Waals surface area (Å²) < 4.78 is 0. The molecule has 20 heavy (non-hydrogen) atoms. The lowest BCUT2D eigenvalue weighted by Crippen LogP contribution is -2.37. The molecule has 3 amide bonds. The highest BCUT2D eigenvalue weighted by Gasteiger charge is 2.25. The van der Waals surface area contributed by atoms with E-state index in [2.05, 4.69) is 10.6 Å². The Bertz CT molecular complexity index is 497. The predicted molar refractivity (Wildman–Crippen MR) is 74.3 cm³/mol. The molecule has 3 N–H and O–H groups in total. The molecule has 0 heterocycles. The van der Waals surface area contributed by atoms with Crippen LogP contribution in [0.3, 0.4) is 0 Å². The Morgan fingerprint density at radius 1 is 1.10 bits per heavy atom. The molecule has 0 fully saturated rings. The third-order valence-electron chi connectivity index (χ3n) is 2.55. The third kappa shape index (κ3) is 5.99. The molecular formula is C14H18N2O4. The lowest BCUT2D eigenvalue weighted by Gasteiger charge is -2.21. The van der Waals surface area contributed by atoms with E-state index in [1.165, 1.54) is 0 Å². The number of nitrogens with one attached hydrogen (secondary N) is 2. The Morgan fingerprint density at radius 2 is 1.70 bits per heavy atom. The van der Waals surface area contributed by atoms with E-state index in [4.69, 9.17) is 5.11 Å². The van der Waals surface area contributed by atoms with Crippen LogP contribution in [0.1, 0.15) is 26.7 Å². The van der Waals surface area contributed by atoms with E-state index in [9.17, 15) is 14.4 Å². The number of hydrogen-bond donors (Lipinski definition) is 3. The van der Waals surface area contributed by atoms with E-state index in [1.807, 2.05) is 6.07 Å². The molecule has 0 saturated heterocycles. The Kier molecular flexibility index (Phi) is 5.25. The minimum atomic E-state index is -0.975. The van der Waals surface area contributed by atoms with Crippen molar-refractivity contribution in [2.45, 2.75) is 26.7 Å². The number of para-hydroxylation sites is 1. The SMILES string of the molecule is CC(C)(CC(=O)O)CC(=O)NC(=O)Nc1ccccc1. The highest BCUT2D eigenvalue weighted by Crippen LogP contribution is 2.24. The van der Waals surface area contributed by atoms with Gasteiger partial charge in [-0.25, -0.2) is 4.79 Å². The summed E-state index contributed by atoms with van der Waals surface area (Å²) >= 11 is 0. The molecule has 0 atom stereocenters. The molecule has 0 bridgehead atoms. The number of rotatable bonds is 5. The van der Waals surface area contributed by atoms with Gasteiger partial charge in [-0.2, -0.15) is 0 Å². The first kappa shape index (κ1) is 15.7. The molecule has 0 aliphatic carbocycles. The molecule has 1 rings (SSSR count). The van der Waals surface area contributed by atoms with Gasteiger partial charge < -0.3 is 10.4 Å². The molecule has 0 radical (unpaired) electrons. The van der Waals surface area contributed by atoms with Gasteiger partial charge in [-0.1, -0.05) is 32.0 Å². The standard InChI is InChI=1S/C14H18N2O4/c1-14(2,9-12(18)19)8-11(17)16-13(20)15-10-6-4-3-5-7-10/h3-7H,8-9H2,1-2H3,(H,18,19)(H2,15,16,17,20). The molecular weight excluding hydrogens is 260 g/mol. The average Bonchev–Trinajstić information content (AvgIpc) is 2.26. The van der Waals surface area contributed by atoms with Gasteiger partial charge in [0, 0.05) is 12.1 Å². The summed E-state index contributed by atoms with van der Waals surface area (Å²) in [5.41, 5.74) is -0.134. The topological polar surface area (TPSA) is 95.5 Å². The van der Waals surface area contributed by atoms with Crippen molar-refractivity contribution in [2.24, 2.45) is 5.41 Å². The van der Waals surface area contributed by atoms with Crippen LogP contribution in [-0.2, 0) is 9.59 Å². The minimum Gasteiger partial charge on any atom is -0.481 e. The first-order chi connectivity index (χ1) is 9.28. The lowest BCUT2D eigenvalue weighted by molar-refractivity contribution is -0.139. The number of aliphatic carboxylic acids is 1. The molecule has 0 aliphatic heterocycles. The van der Waals surface area contributed by atoms with Crippen molar-refractivity contribution in [1.29, 1.82) is 0 Å². The van der Waals surface area contributed by atoms with Gasteiger partial charge in [0.05, 0.1) is 6.42 Å². The van der Waals surface area contributed by atoms with Crippen molar-refractivity contribution in [2.75, 3.05) is 5.32 Å².